The van der Waals surface area contributed by atoms with E-state index in [0.29, 0.717) is 10.8 Å². The van der Waals surface area contributed by atoms with Gasteiger partial charge in [-0.15, -0.1) is 0 Å². The molecule has 1 saturated carbocycles. The van der Waals surface area contributed by atoms with Gasteiger partial charge in [0.25, 0.3) is 0 Å². The Labute approximate surface area is 134 Å². The van der Waals surface area contributed by atoms with Crippen LogP contribution in [0.15, 0.2) is 24.3 Å². The van der Waals surface area contributed by atoms with Crippen LogP contribution in [0.3, 0.4) is 0 Å². The van der Waals surface area contributed by atoms with Crippen LogP contribution in [0.4, 0.5) is 0 Å². The average Bonchev–Trinajstić information content (AvgIpc) is 2.54. The van der Waals surface area contributed by atoms with Gasteiger partial charge in [0, 0.05) is 22.9 Å². The molecule has 3 heteroatoms. The van der Waals surface area contributed by atoms with Gasteiger partial charge in [-0.3, -0.25) is 0 Å². The lowest BCUT2D eigenvalue weighted by atomic mass is 9.88. The van der Waals surface area contributed by atoms with Crippen LogP contribution in [0.1, 0.15) is 57.6 Å². The average molecular weight is 308 g/mol. The third-order valence-corrected chi connectivity index (χ3v) is 6.03. The Morgan fingerprint density at radius 3 is 2.62 bits per heavy atom. The molecule has 0 spiro atoms. The quantitative estimate of drug-likeness (QED) is 0.781. The summed E-state index contributed by atoms with van der Waals surface area (Å²) in [6.45, 7) is 6.10. The highest BCUT2D eigenvalue weighted by molar-refractivity contribution is 8.00. The van der Waals surface area contributed by atoms with Gasteiger partial charge in [0.1, 0.15) is 5.75 Å². The van der Waals surface area contributed by atoms with Gasteiger partial charge in [0.2, 0.25) is 0 Å². The maximum absolute atomic E-state index is 5.76. The third-order valence-electron chi connectivity index (χ3n) is 4.61. The number of nitrogens with one attached hydrogen (secondary N) is 1. The van der Waals surface area contributed by atoms with E-state index in [1.165, 1.54) is 37.7 Å². The van der Waals surface area contributed by atoms with Gasteiger partial charge in [-0.05, 0) is 39.0 Å². The molecular formula is C18H29NOS. The van der Waals surface area contributed by atoms with Crippen molar-refractivity contribution in [1.29, 1.82) is 0 Å². The van der Waals surface area contributed by atoms with Crippen molar-refractivity contribution in [2.45, 2.75) is 56.7 Å². The Morgan fingerprint density at radius 2 is 1.95 bits per heavy atom. The number of thioether (sulfide) groups is 1. The lowest BCUT2D eigenvalue weighted by Crippen LogP contribution is -2.40. The normalized spacial score (nSPS) is 19.2. The number of ether oxygens (including phenoxy) is 1. The minimum absolute atomic E-state index is 0.332. The van der Waals surface area contributed by atoms with E-state index in [4.69, 9.17) is 4.74 Å². The summed E-state index contributed by atoms with van der Waals surface area (Å²) in [5, 5.41) is 3.76. The Morgan fingerprint density at radius 1 is 1.24 bits per heavy atom. The minimum Gasteiger partial charge on any atom is -0.494 e. The van der Waals surface area contributed by atoms with E-state index >= 15 is 0 Å². The van der Waals surface area contributed by atoms with Crippen molar-refractivity contribution in [3.8, 4) is 5.75 Å². The zero-order valence-electron chi connectivity index (χ0n) is 13.7. The van der Waals surface area contributed by atoms with E-state index in [0.717, 1.165) is 18.9 Å². The molecule has 0 radical (unpaired) electrons. The van der Waals surface area contributed by atoms with Crippen LogP contribution < -0.4 is 10.1 Å². The summed E-state index contributed by atoms with van der Waals surface area (Å²) in [5.41, 5.74) is 1.27. The fourth-order valence-electron chi connectivity index (χ4n) is 3.22. The summed E-state index contributed by atoms with van der Waals surface area (Å²) < 4.78 is 6.19. The molecule has 0 heterocycles. The van der Waals surface area contributed by atoms with Crippen molar-refractivity contribution >= 4 is 11.8 Å². The van der Waals surface area contributed by atoms with Crippen LogP contribution in [0.5, 0.6) is 5.75 Å². The maximum atomic E-state index is 5.76. The SMILES string of the molecule is CCOc1ccccc1C(C)NCC1(SC)CCCCC1. The summed E-state index contributed by atoms with van der Waals surface area (Å²) in [4.78, 5) is 0. The Kier molecular flexibility index (Phi) is 6.43. The van der Waals surface area contributed by atoms with Crippen molar-refractivity contribution in [1.82, 2.24) is 5.32 Å². The van der Waals surface area contributed by atoms with E-state index in [2.05, 4.69) is 48.5 Å². The summed E-state index contributed by atoms with van der Waals surface area (Å²) in [5.74, 6) is 1.02. The predicted octanol–water partition coefficient (Wildman–Crippen LogP) is 4.80. The molecule has 1 aliphatic carbocycles. The first kappa shape index (κ1) is 16.7. The van der Waals surface area contributed by atoms with E-state index in [1.807, 2.05) is 13.0 Å². The molecule has 118 valence electrons. The van der Waals surface area contributed by atoms with Crippen molar-refractivity contribution in [3.63, 3.8) is 0 Å². The van der Waals surface area contributed by atoms with Crippen LogP contribution in [-0.2, 0) is 0 Å². The molecule has 0 aromatic heterocycles. The topological polar surface area (TPSA) is 21.3 Å². The van der Waals surface area contributed by atoms with Crippen molar-refractivity contribution in [2.75, 3.05) is 19.4 Å². The first-order chi connectivity index (χ1) is 10.2. The van der Waals surface area contributed by atoms with Gasteiger partial charge in [-0.25, -0.2) is 0 Å². The van der Waals surface area contributed by atoms with Crippen molar-refractivity contribution < 1.29 is 4.74 Å². The van der Waals surface area contributed by atoms with E-state index < -0.39 is 0 Å². The summed E-state index contributed by atoms with van der Waals surface area (Å²) >= 11 is 2.05. The number of hydrogen-bond acceptors (Lipinski definition) is 3. The predicted molar refractivity (Wildman–Crippen MR) is 93.4 cm³/mol. The first-order valence-corrected chi connectivity index (χ1v) is 9.43. The second-order valence-corrected chi connectivity index (χ2v) is 7.30. The zero-order valence-corrected chi connectivity index (χ0v) is 14.5. The third kappa shape index (κ3) is 4.40. The van der Waals surface area contributed by atoms with Crippen LogP contribution >= 0.6 is 11.8 Å². The van der Waals surface area contributed by atoms with Gasteiger partial charge >= 0.3 is 0 Å². The molecule has 21 heavy (non-hydrogen) atoms. The highest BCUT2D eigenvalue weighted by atomic mass is 32.2. The number of benzene rings is 1. The molecule has 1 N–H and O–H groups in total. The monoisotopic (exact) mass is 307 g/mol. The van der Waals surface area contributed by atoms with Crippen LogP contribution in [0.2, 0.25) is 0 Å². The summed E-state index contributed by atoms with van der Waals surface area (Å²) in [7, 11) is 0. The van der Waals surface area contributed by atoms with Gasteiger partial charge in [-0.2, -0.15) is 11.8 Å². The Bertz CT molecular complexity index is 429. The highest BCUT2D eigenvalue weighted by Crippen LogP contribution is 2.38. The fraction of sp³-hybridized carbons (Fsp3) is 0.667. The molecule has 0 saturated heterocycles. The molecule has 0 bridgehead atoms. The molecule has 1 aromatic rings. The molecular weight excluding hydrogens is 278 g/mol. The second kappa shape index (κ2) is 8.09. The fourth-order valence-corrected chi connectivity index (χ4v) is 4.15. The molecule has 0 aliphatic heterocycles. The van der Waals surface area contributed by atoms with Gasteiger partial charge < -0.3 is 10.1 Å². The van der Waals surface area contributed by atoms with E-state index in [-0.39, 0.29) is 0 Å². The summed E-state index contributed by atoms with van der Waals surface area (Å²) in [6, 6.07) is 8.72. The largest absolute Gasteiger partial charge is 0.494 e. The molecule has 0 amide bonds. The van der Waals surface area contributed by atoms with Gasteiger partial charge in [0.05, 0.1) is 6.61 Å². The van der Waals surface area contributed by atoms with Crippen LogP contribution in [-0.4, -0.2) is 24.2 Å². The smallest absolute Gasteiger partial charge is 0.124 e. The Hall–Kier alpha value is -0.670. The standard InChI is InChI=1S/C18H29NOS/c1-4-20-17-11-7-6-10-16(17)15(2)19-14-18(21-3)12-8-5-9-13-18/h6-7,10-11,15,19H,4-5,8-9,12-14H2,1-3H3. The van der Waals surface area contributed by atoms with E-state index in [1.54, 1.807) is 0 Å². The number of hydrogen-bond donors (Lipinski definition) is 1. The molecule has 1 aliphatic rings. The summed E-state index contributed by atoms with van der Waals surface area (Å²) in [6.07, 6.45) is 9.14. The number of para-hydroxylation sites is 1. The molecule has 1 aromatic carbocycles. The van der Waals surface area contributed by atoms with Gasteiger partial charge in [0.15, 0.2) is 0 Å². The number of rotatable bonds is 7. The minimum atomic E-state index is 0.332. The molecule has 2 nitrogen and oxygen atoms in total. The molecule has 1 fully saturated rings. The first-order valence-electron chi connectivity index (χ1n) is 8.21. The van der Waals surface area contributed by atoms with Crippen LogP contribution in [0.25, 0.3) is 0 Å². The second-order valence-electron chi connectivity index (χ2n) is 6.02. The van der Waals surface area contributed by atoms with E-state index in [9.17, 15) is 0 Å². The lowest BCUT2D eigenvalue weighted by molar-refractivity contribution is 0.328. The lowest BCUT2D eigenvalue weighted by Gasteiger charge is -2.37. The molecule has 1 atom stereocenters. The van der Waals surface area contributed by atoms with Crippen LogP contribution in [0, 0.1) is 0 Å². The zero-order chi connectivity index (χ0) is 15.1. The van der Waals surface area contributed by atoms with Crippen molar-refractivity contribution in [3.05, 3.63) is 29.8 Å². The van der Waals surface area contributed by atoms with Crippen molar-refractivity contribution in [2.24, 2.45) is 0 Å². The maximum Gasteiger partial charge on any atom is 0.124 e. The van der Waals surface area contributed by atoms with Gasteiger partial charge in [-0.1, -0.05) is 37.5 Å². The molecule has 2 rings (SSSR count). The highest BCUT2D eigenvalue weighted by Gasteiger charge is 2.31. The Balaban J connectivity index is 1.99. The molecule has 1 unspecified atom stereocenters.